The lowest BCUT2D eigenvalue weighted by Crippen LogP contribution is -2.51. The summed E-state index contributed by atoms with van der Waals surface area (Å²) in [4.78, 5) is 0. The Kier molecular flexibility index (Phi) is 8.04. The maximum Gasteiger partial charge on any atom is 0.271 e. The lowest BCUT2D eigenvalue weighted by Gasteiger charge is -2.28. The molecule has 0 saturated carbocycles. The molecule has 0 bridgehead atoms. The molecule has 0 spiro atoms. The van der Waals surface area contributed by atoms with Gasteiger partial charge in [0.15, 0.2) is 29.5 Å². The molecule has 0 radical (unpaired) electrons. The first-order valence-electron chi connectivity index (χ1n) is 7.40. The minimum absolute atomic E-state index is 0.249. The standard InChI is InChI=1S/C13H28O6S3/c1-5-6-7-8-9-10-11-12-13(20(2,14)15,21(3,16)17)22(4,18)19/h5-12H2,1-4H3. The van der Waals surface area contributed by atoms with Crippen LogP contribution in [-0.4, -0.2) is 47.4 Å². The Hall–Kier alpha value is -0.150. The number of hydrogen-bond donors (Lipinski definition) is 0. The Balaban J connectivity index is 5.17. The molecule has 0 aliphatic rings. The molecule has 22 heavy (non-hydrogen) atoms. The number of unbranched alkanes of at least 4 members (excludes halogenated alkanes) is 6. The third-order valence-corrected chi connectivity index (χ3v) is 13.2. The Bertz CT molecular complexity index is 565. The average Bonchev–Trinajstić information content (AvgIpc) is 2.27. The van der Waals surface area contributed by atoms with Gasteiger partial charge < -0.3 is 0 Å². The fourth-order valence-electron chi connectivity index (χ4n) is 2.68. The minimum Gasteiger partial charge on any atom is -0.226 e. The molecule has 0 atom stereocenters. The van der Waals surface area contributed by atoms with E-state index in [1.165, 1.54) is 0 Å². The van der Waals surface area contributed by atoms with Crippen molar-refractivity contribution in [1.29, 1.82) is 0 Å². The molecular formula is C13H28O6S3. The van der Waals surface area contributed by atoms with Crippen molar-refractivity contribution in [1.82, 2.24) is 0 Å². The maximum absolute atomic E-state index is 12.0. The van der Waals surface area contributed by atoms with Gasteiger partial charge in [-0.3, -0.25) is 0 Å². The van der Waals surface area contributed by atoms with E-state index in [-0.39, 0.29) is 6.42 Å². The summed E-state index contributed by atoms with van der Waals surface area (Å²) in [6, 6.07) is 0. The monoisotopic (exact) mass is 376 g/mol. The van der Waals surface area contributed by atoms with Gasteiger partial charge in [-0.05, 0) is 12.8 Å². The van der Waals surface area contributed by atoms with Crippen molar-refractivity contribution in [2.75, 3.05) is 18.8 Å². The van der Waals surface area contributed by atoms with Gasteiger partial charge in [-0.15, -0.1) is 0 Å². The fraction of sp³-hybridized carbons (Fsp3) is 1.00. The van der Waals surface area contributed by atoms with Crippen molar-refractivity contribution in [3.63, 3.8) is 0 Å². The second-order valence-corrected chi connectivity index (χ2v) is 13.4. The molecule has 0 aromatic carbocycles. The van der Waals surface area contributed by atoms with E-state index in [0.717, 1.165) is 32.1 Å². The molecule has 0 rings (SSSR count). The van der Waals surface area contributed by atoms with Crippen LogP contribution in [0.4, 0.5) is 0 Å². The highest BCUT2D eigenvalue weighted by Crippen LogP contribution is 2.35. The second-order valence-electron chi connectivity index (χ2n) is 5.87. The van der Waals surface area contributed by atoms with Crippen LogP contribution in [0.25, 0.3) is 0 Å². The van der Waals surface area contributed by atoms with Crippen LogP contribution in [0, 0.1) is 0 Å². The molecule has 0 unspecified atom stereocenters. The normalized spacial score (nSPS) is 14.2. The topological polar surface area (TPSA) is 102 Å². The highest BCUT2D eigenvalue weighted by Gasteiger charge is 2.58. The van der Waals surface area contributed by atoms with Gasteiger partial charge in [-0.25, -0.2) is 25.3 Å². The Labute approximate surface area is 135 Å². The van der Waals surface area contributed by atoms with Crippen LogP contribution in [0.1, 0.15) is 58.3 Å². The van der Waals surface area contributed by atoms with Gasteiger partial charge in [0, 0.05) is 18.8 Å². The summed E-state index contributed by atoms with van der Waals surface area (Å²) in [6.45, 7) is 2.10. The zero-order valence-corrected chi connectivity index (χ0v) is 16.3. The van der Waals surface area contributed by atoms with Gasteiger partial charge in [0.2, 0.25) is 0 Å². The van der Waals surface area contributed by atoms with Crippen molar-refractivity contribution in [3.05, 3.63) is 0 Å². The molecule has 9 heteroatoms. The Morgan fingerprint density at radius 2 is 0.909 bits per heavy atom. The van der Waals surface area contributed by atoms with E-state index in [0.29, 0.717) is 25.2 Å². The van der Waals surface area contributed by atoms with E-state index in [9.17, 15) is 25.3 Å². The average molecular weight is 377 g/mol. The maximum atomic E-state index is 12.0. The molecule has 0 aromatic rings. The van der Waals surface area contributed by atoms with Crippen molar-refractivity contribution in [2.45, 2.75) is 61.7 Å². The lowest BCUT2D eigenvalue weighted by molar-refractivity contribution is 0.528. The first kappa shape index (κ1) is 21.9. The molecule has 0 fully saturated rings. The van der Waals surface area contributed by atoms with Crippen LogP contribution in [-0.2, 0) is 29.5 Å². The van der Waals surface area contributed by atoms with Crippen LogP contribution >= 0.6 is 0 Å². The predicted octanol–water partition coefficient (Wildman–Crippen LogP) is 1.91. The molecule has 0 amide bonds. The molecule has 0 heterocycles. The zero-order valence-electron chi connectivity index (χ0n) is 13.8. The quantitative estimate of drug-likeness (QED) is 0.510. The molecule has 0 saturated heterocycles. The van der Waals surface area contributed by atoms with Gasteiger partial charge >= 0.3 is 0 Å². The molecule has 6 nitrogen and oxygen atoms in total. The van der Waals surface area contributed by atoms with E-state index >= 15 is 0 Å². The SMILES string of the molecule is CCCCCCCCCC(S(C)(=O)=O)(S(C)(=O)=O)S(C)(=O)=O. The second kappa shape index (κ2) is 8.10. The summed E-state index contributed by atoms with van der Waals surface area (Å²) in [5.74, 6) is 0. The third-order valence-electron chi connectivity index (χ3n) is 3.78. The van der Waals surface area contributed by atoms with E-state index in [1.807, 2.05) is 0 Å². The van der Waals surface area contributed by atoms with E-state index in [2.05, 4.69) is 6.92 Å². The summed E-state index contributed by atoms with van der Waals surface area (Å²) in [5, 5.41) is 0. The number of hydrogen-bond acceptors (Lipinski definition) is 6. The summed E-state index contributed by atoms with van der Waals surface area (Å²) in [5.41, 5.74) is 0. The molecule has 0 aromatic heterocycles. The van der Waals surface area contributed by atoms with E-state index in [4.69, 9.17) is 0 Å². The van der Waals surface area contributed by atoms with Crippen LogP contribution in [0.2, 0.25) is 0 Å². The lowest BCUT2D eigenvalue weighted by atomic mass is 10.1. The first-order valence-corrected chi connectivity index (χ1v) is 13.1. The third kappa shape index (κ3) is 5.19. The van der Waals surface area contributed by atoms with Crippen molar-refractivity contribution < 1.29 is 25.3 Å². The summed E-state index contributed by atoms with van der Waals surface area (Å²) >= 11 is 0. The molecule has 0 aliphatic carbocycles. The highest BCUT2D eigenvalue weighted by atomic mass is 32.3. The summed E-state index contributed by atoms with van der Waals surface area (Å²) < 4.78 is 69.2. The van der Waals surface area contributed by atoms with Crippen LogP contribution in [0.3, 0.4) is 0 Å². The van der Waals surface area contributed by atoms with Crippen LogP contribution in [0.15, 0.2) is 0 Å². The number of sulfone groups is 3. The summed E-state index contributed by atoms with van der Waals surface area (Å²) in [7, 11) is -13.0. The van der Waals surface area contributed by atoms with E-state index in [1.54, 1.807) is 0 Å². The Morgan fingerprint density at radius 3 is 1.23 bits per heavy atom. The molecule has 0 aliphatic heterocycles. The number of rotatable bonds is 11. The first-order chi connectivity index (χ1) is 9.81. The molecular weight excluding hydrogens is 348 g/mol. The van der Waals surface area contributed by atoms with E-state index < -0.39 is 39.3 Å². The molecule has 134 valence electrons. The van der Waals surface area contributed by atoms with Crippen LogP contribution in [0.5, 0.6) is 0 Å². The smallest absolute Gasteiger partial charge is 0.226 e. The predicted molar refractivity (Wildman–Crippen MR) is 89.9 cm³/mol. The highest BCUT2D eigenvalue weighted by molar-refractivity contribution is 8.25. The van der Waals surface area contributed by atoms with Gasteiger partial charge in [0.25, 0.3) is 3.41 Å². The molecule has 0 N–H and O–H groups in total. The van der Waals surface area contributed by atoms with Gasteiger partial charge in [0.1, 0.15) is 0 Å². The van der Waals surface area contributed by atoms with Gasteiger partial charge in [0.05, 0.1) is 0 Å². The van der Waals surface area contributed by atoms with Crippen molar-refractivity contribution in [2.24, 2.45) is 0 Å². The van der Waals surface area contributed by atoms with Crippen molar-refractivity contribution >= 4 is 29.5 Å². The van der Waals surface area contributed by atoms with Gasteiger partial charge in [-0.1, -0.05) is 45.4 Å². The minimum atomic E-state index is -4.32. The van der Waals surface area contributed by atoms with Crippen LogP contribution < -0.4 is 0 Å². The fourth-order valence-corrected chi connectivity index (χ4v) is 10.8. The summed E-state index contributed by atoms with van der Waals surface area (Å²) in [6.07, 6.45) is 7.63. The van der Waals surface area contributed by atoms with Crippen molar-refractivity contribution in [3.8, 4) is 0 Å². The zero-order chi connectivity index (χ0) is 17.7. The Morgan fingerprint density at radius 1 is 0.591 bits per heavy atom. The van der Waals surface area contributed by atoms with Gasteiger partial charge in [-0.2, -0.15) is 0 Å². The largest absolute Gasteiger partial charge is 0.271 e.